The van der Waals surface area contributed by atoms with Crippen molar-refractivity contribution in [2.45, 2.75) is 26.9 Å². The average Bonchev–Trinajstić information content (AvgIpc) is 3.22. The first kappa shape index (κ1) is 18.9. The van der Waals surface area contributed by atoms with Gasteiger partial charge in [-0.25, -0.2) is 0 Å². The maximum atomic E-state index is 12.5. The van der Waals surface area contributed by atoms with Crippen LogP contribution in [-0.4, -0.2) is 29.1 Å². The lowest BCUT2D eigenvalue weighted by molar-refractivity contribution is 0.0914. The second-order valence-corrected chi connectivity index (χ2v) is 6.36. The summed E-state index contributed by atoms with van der Waals surface area (Å²) in [5, 5.41) is 6.94. The fourth-order valence-electron chi connectivity index (χ4n) is 2.96. The van der Waals surface area contributed by atoms with Crippen molar-refractivity contribution in [2.75, 3.05) is 13.1 Å². The second-order valence-electron chi connectivity index (χ2n) is 6.36. The Bertz CT molecular complexity index is 870. The Kier molecular flexibility index (Phi) is 6.39. The van der Waals surface area contributed by atoms with E-state index in [2.05, 4.69) is 41.4 Å². The van der Waals surface area contributed by atoms with Gasteiger partial charge in [0.25, 0.3) is 5.91 Å². The van der Waals surface area contributed by atoms with E-state index < -0.39 is 0 Å². The third-order valence-electron chi connectivity index (χ3n) is 4.65. The van der Waals surface area contributed by atoms with Crippen LogP contribution < -0.4 is 5.32 Å². The van der Waals surface area contributed by atoms with Gasteiger partial charge in [0.05, 0.1) is 0 Å². The summed E-state index contributed by atoms with van der Waals surface area (Å²) in [5.41, 5.74) is 3.91. The van der Waals surface area contributed by atoms with Gasteiger partial charge in [0.1, 0.15) is 5.69 Å². The fourth-order valence-corrected chi connectivity index (χ4v) is 2.96. The lowest BCUT2D eigenvalue weighted by Crippen LogP contribution is -2.25. The fraction of sp³-hybridized carbons (Fsp3) is 0.273. The molecule has 140 valence electrons. The van der Waals surface area contributed by atoms with Crippen LogP contribution in [0.25, 0.3) is 11.3 Å². The molecule has 0 aliphatic heterocycles. The van der Waals surface area contributed by atoms with Gasteiger partial charge in [-0.2, -0.15) is 0 Å². The summed E-state index contributed by atoms with van der Waals surface area (Å²) in [6.07, 6.45) is 0. The van der Waals surface area contributed by atoms with Gasteiger partial charge < -0.3 is 9.84 Å². The van der Waals surface area contributed by atoms with Gasteiger partial charge in [0, 0.05) is 24.7 Å². The third-order valence-corrected chi connectivity index (χ3v) is 4.65. The first-order valence-corrected chi connectivity index (χ1v) is 9.30. The number of aromatic nitrogens is 1. The topological polar surface area (TPSA) is 58.4 Å². The molecule has 3 rings (SSSR count). The zero-order valence-corrected chi connectivity index (χ0v) is 15.8. The predicted octanol–water partition coefficient (Wildman–Crippen LogP) is 4.11. The molecule has 3 aromatic rings. The molecule has 0 saturated carbocycles. The van der Waals surface area contributed by atoms with Gasteiger partial charge in [-0.3, -0.25) is 9.69 Å². The SMILES string of the molecule is CCN(CC)Cc1ccccc1CNC(=O)c1cc(-c2ccccc2)no1. The summed E-state index contributed by atoms with van der Waals surface area (Å²) in [5.74, 6) is -0.0441. The molecule has 0 atom stereocenters. The van der Waals surface area contributed by atoms with Crippen molar-refractivity contribution in [3.63, 3.8) is 0 Å². The van der Waals surface area contributed by atoms with E-state index in [1.807, 2.05) is 42.5 Å². The predicted molar refractivity (Wildman–Crippen MR) is 106 cm³/mol. The largest absolute Gasteiger partial charge is 0.350 e. The molecule has 0 unspecified atom stereocenters. The summed E-state index contributed by atoms with van der Waals surface area (Å²) in [7, 11) is 0. The number of benzene rings is 2. The van der Waals surface area contributed by atoms with Crippen molar-refractivity contribution >= 4 is 5.91 Å². The molecule has 0 aliphatic carbocycles. The van der Waals surface area contributed by atoms with E-state index >= 15 is 0 Å². The Morgan fingerprint density at radius 3 is 2.37 bits per heavy atom. The molecule has 1 heterocycles. The number of nitrogens with one attached hydrogen (secondary N) is 1. The summed E-state index contributed by atoms with van der Waals surface area (Å²) < 4.78 is 5.23. The minimum absolute atomic E-state index is 0.218. The maximum Gasteiger partial charge on any atom is 0.290 e. The van der Waals surface area contributed by atoms with Gasteiger partial charge in [0.15, 0.2) is 0 Å². The number of carbonyl (C=O) groups is 1. The molecular weight excluding hydrogens is 338 g/mol. The van der Waals surface area contributed by atoms with E-state index in [1.54, 1.807) is 6.07 Å². The lowest BCUT2D eigenvalue weighted by Gasteiger charge is -2.20. The molecule has 2 aromatic carbocycles. The van der Waals surface area contributed by atoms with Crippen LogP contribution in [0.5, 0.6) is 0 Å². The third kappa shape index (κ3) is 4.83. The summed E-state index contributed by atoms with van der Waals surface area (Å²) in [6.45, 7) is 7.64. The molecule has 0 spiro atoms. The lowest BCUT2D eigenvalue weighted by atomic mass is 10.1. The zero-order valence-electron chi connectivity index (χ0n) is 15.8. The van der Waals surface area contributed by atoms with Gasteiger partial charge >= 0.3 is 0 Å². The molecule has 27 heavy (non-hydrogen) atoms. The number of hydrogen-bond acceptors (Lipinski definition) is 4. The maximum absolute atomic E-state index is 12.5. The van der Waals surface area contributed by atoms with Crippen LogP contribution >= 0.6 is 0 Å². The Balaban J connectivity index is 1.65. The Hall–Kier alpha value is -2.92. The van der Waals surface area contributed by atoms with Crippen LogP contribution in [0.1, 0.15) is 35.5 Å². The molecule has 0 radical (unpaired) electrons. The smallest absolute Gasteiger partial charge is 0.290 e. The molecule has 1 amide bonds. The van der Waals surface area contributed by atoms with Crippen LogP contribution in [0.15, 0.2) is 65.2 Å². The van der Waals surface area contributed by atoms with E-state index in [-0.39, 0.29) is 11.7 Å². The van der Waals surface area contributed by atoms with Crippen molar-refractivity contribution in [3.05, 3.63) is 77.6 Å². The number of carbonyl (C=O) groups excluding carboxylic acids is 1. The molecule has 0 aliphatic rings. The van der Waals surface area contributed by atoms with E-state index in [9.17, 15) is 4.79 Å². The molecule has 0 bridgehead atoms. The summed E-state index contributed by atoms with van der Waals surface area (Å²) >= 11 is 0. The highest BCUT2D eigenvalue weighted by Gasteiger charge is 2.14. The van der Waals surface area contributed by atoms with Gasteiger partial charge in [-0.05, 0) is 24.2 Å². The highest BCUT2D eigenvalue weighted by molar-refractivity contribution is 5.92. The van der Waals surface area contributed by atoms with Crippen LogP contribution in [-0.2, 0) is 13.1 Å². The van der Waals surface area contributed by atoms with Crippen molar-refractivity contribution in [3.8, 4) is 11.3 Å². The highest BCUT2D eigenvalue weighted by Crippen LogP contribution is 2.18. The average molecular weight is 363 g/mol. The minimum atomic E-state index is -0.262. The Morgan fingerprint density at radius 1 is 1.00 bits per heavy atom. The second kappa shape index (κ2) is 9.14. The molecule has 1 aromatic heterocycles. The minimum Gasteiger partial charge on any atom is -0.350 e. The van der Waals surface area contributed by atoms with Crippen LogP contribution in [0.2, 0.25) is 0 Å². The van der Waals surface area contributed by atoms with Crippen LogP contribution in [0.3, 0.4) is 0 Å². The number of rotatable bonds is 8. The van der Waals surface area contributed by atoms with Crippen LogP contribution in [0, 0.1) is 0 Å². The Morgan fingerprint density at radius 2 is 1.67 bits per heavy atom. The first-order chi connectivity index (χ1) is 13.2. The summed E-state index contributed by atoms with van der Waals surface area (Å²) in [4.78, 5) is 14.8. The zero-order chi connectivity index (χ0) is 19.1. The first-order valence-electron chi connectivity index (χ1n) is 9.30. The molecule has 1 N–H and O–H groups in total. The normalized spacial score (nSPS) is 10.9. The molecule has 0 fully saturated rings. The highest BCUT2D eigenvalue weighted by atomic mass is 16.5. The molecule has 0 saturated heterocycles. The van der Waals surface area contributed by atoms with E-state index in [0.717, 1.165) is 30.8 Å². The van der Waals surface area contributed by atoms with Crippen molar-refractivity contribution in [2.24, 2.45) is 0 Å². The number of amides is 1. The van der Waals surface area contributed by atoms with E-state index in [4.69, 9.17) is 4.52 Å². The van der Waals surface area contributed by atoms with Crippen molar-refractivity contribution in [1.82, 2.24) is 15.4 Å². The quantitative estimate of drug-likeness (QED) is 0.654. The standard InChI is InChI=1S/C22H25N3O2/c1-3-25(4-2)16-19-13-9-8-12-18(19)15-23-22(26)21-14-20(24-27-21)17-10-6-5-7-11-17/h5-14H,3-4,15-16H2,1-2H3,(H,23,26). The monoisotopic (exact) mass is 363 g/mol. The van der Waals surface area contributed by atoms with Gasteiger partial charge in [0.2, 0.25) is 5.76 Å². The van der Waals surface area contributed by atoms with Gasteiger partial charge in [-0.1, -0.05) is 73.6 Å². The number of nitrogens with zero attached hydrogens (tertiary/aromatic N) is 2. The molecule has 5 nitrogen and oxygen atoms in total. The number of hydrogen-bond donors (Lipinski definition) is 1. The Labute approximate surface area is 160 Å². The molecule has 5 heteroatoms. The van der Waals surface area contributed by atoms with Crippen LogP contribution in [0.4, 0.5) is 0 Å². The summed E-state index contributed by atoms with van der Waals surface area (Å²) in [6, 6.07) is 19.5. The molecular formula is C22H25N3O2. The van der Waals surface area contributed by atoms with E-state index in [0.29, 0.717) is 12.2 Å². The van der Waals surface area contributed by atoms with Crippen molar-refractivity contribution < 1.29 is 9.32 Å². The van der Waals surface area contributed by atoms with Gasteiger partial charge in [-0.15, -0.1) is 0 Å². The van der Waals surface area contributed by atoms with Crippen molar-refractivity contribution in [1.29, 1.82) is 0 Å². The van der Waals surface area contributed by atoms with E-state index in [1.165, 1.54) is 5.56 Å².